The fraction of sp³-hybridized carbons (Fsp3) is 0.143. The number of azo groups is 4. The van der Waals surface area contributed by atoms with Gasteiger partial charge in [0.25, 0.3) is 40.5 Å². The summed E-state index contributed by atoms with van der Waals surface area (Å²) >= 11 is 0. The number of rotatable bonds is 12. The van der Waals surface area contributed by atoms with Crippen molar-refractivity contribution in [2.24, 2.45) is 40.9 Å². The summed E-state index contributed by atoms with van der Waals surface area (Å²) < 4.78 is 140. The summed E-state index contributed by atoms with van der Waals surface area (Å²) in [6.45, 7) is 6.28. The van der Waals surface area contributed by atoms with Crippen LogP contribution < -0.4 is 139 Å². The third-order valence-electron chi connectivity index (χ3n) is 13.1. The first-order valence-electron chi connectivity index (χ1n) is 24.7. The molecule has 432 valence electrons. The Kier molecular flexibility index (Phi) is 24.7. The molecule has 8 aromatic carbocycles. The Balaban J connectivity index is 0.00000353. The Bertz CT molecular complexity index is 4010. The van der Waals surface area contributed by atoms with Crippen LogP contribution in [0.5, 0.6) is 23.0 Å². The van der Waals surface area contributed by atoms with Gasteiger partial charge in [-0.05, 0) is 217 Å². The second-order valence-corrected chi connectivity index (χ2v) is 25.2. The second-order valence-electron chi connectivity index (χ2n) is 19.7. The first-order valence-corrected chi connectivity index (χ1v) is 30.4. The van der Waals surface area contributed by atoms with Crippen molar-refractivity contribution in [3.05, 3.63) is 188 Å². The average molecular weight is 1310 g/mol. The van der Waals surface area contributed by atoms with Crippen molar-refractivity contribution in [1.82, 2.24) is 0 Å². The molecule has 0 aliphatic heterocycles. The summed E-state index contributed by atoms with van der Waals surface area (Å²) in [7, 11) is -19.4. The monoisotopic (exact) mass is 1300 g/mol. The van der Waals surface area contributed by atoms with Gasteiger partial charge in [-0.15, -0.1) is 43.5 Å². The molecular weight excluding hydrogens is 1260 g/mol. The zero-order chi connectivity index (χ0) is 60.8. The number of nitrogens with zero attached hydrogens (tertiary/aromatic N) is 8. The first-order chi connectivity index (χ1) is 39.4. The van der Waals surface area contributed by atoms with Crippen molar-refractivity contribution in [3.8, 4) is 23.0 Å². The van der Waals surface area contributed by atoms with E-state index in [1.807, 2.05) is 0 Å². The number of hydrogen-bond donors (Lipinski definition) is 4. The normalized spacial score (nSPS) is 12.8. The van der Waals surface area contributed by atoms with Gasteiger partial charge < -0.3 is 20.4 Å². The maximum absolute atomic E-state index is 14.9. The molecule has 1 aliphatic rings. The molecule has 0 spiro atoms. The van der Waals surface area contributed by atoms with Gasteiger partial charge in [-0.25, -0.2) is 0 Å². The van der Waals surface area contributed by atoms with E-state index < -0.39 is 109 Å². The molecular formula is C56H44N8Na4O16S4. The van der Waals surface area contributed by atoms with Crippen LogP contribution in [0, 0.1) is 27.7 Å². The van der Waals surface area contributed by atoms with Gasteiger partial charge >= 0.3 is 118 Å². The van der Waals surface area contributed by atoms with Crippen molar-refractivity contribution < 1.29 is 191 Å². The molecule has 0 radical (unpaired) electrons. The van der Waals surface area contributed by atoms with Crippen LogP contribution in [-0.2, 0) is 66.2 Å². The average Bonchev–Trinajstić information content (AvgIpc) is 3.16. The molecule has 4 N–H and O–H groups in total. The number of hydrogen-bond acceptors (Lipinski definition) is 20. The van der Waals surface area contributed by atoms with E-state index in [0.717, 1.165) is 24.3 Å². The van der Waals surface area contributed by atoms with Crippen LogP contribution in [-0.4, -0.2) is 51.9 Å². The smallest absolute Gasteiger partial charge is 0.872 e. The van der Waals surface area contributed by atoms with Gasteiger partial charge in [0.15, 0.2) is 0 Å². The molecule has 88 heavy (non-hydrogen) atoms. The van der Waals surface area contributed by atoms with Crippen molar-refractivity contribution in [2.45, 2.75) is 73.0 Å². The maximum atomic E-state index is 14.9. The molecule has 0 saturated heterocycles. The van der Waals surface area contributed by atoms with Crippen molar-refractivity contribution in [2.75, 3.05) is 0 Å². The fourth-order valence-electron chi connectivity index (χ4n) is 9.13. The van der Waals surface area contributed by atoms with Crippen LogP contribution in [0.2, 0.25) is 0 Å². The minimum atomic E-state index is -4.86. The Morgan fingerprint density at radius 3 is 0.591 bits per heavy atom. The van der Waals surface area contributed by atoms with E-state index in [9.17, 15) is 72.3 Å². The van der Waals surface area contributed by atoms with Crippen molar-refractivity contribution >= 4 is 86.0 Å². The zero-order valence-electron chi connectivity index (χ0n) is 48.3. The molecule has 24 nitrogen and oxygen atoms in total. The Morgan fingerprint density at radius 1 is 0.284 bits per heavy atom. The Morgan fingerprint density at radius 2 is 0.443 bits per heavy atom. The molecule has 0 unspecified atom stereocenters. The van der Waals surface area contributed by atoms with E-state index in [1.54, 1.807) is 27.7 Å². The number of fused-ring (bicyclic) bond motifs is 8. The summed E-state index contributed by atoms with van der Waals surface area (Å²) in [5, 5.41) is 92.8. The third-order valence-corrected chi connectivity index (χ3v) is 16.6. The van der Waals surface area contributed by atoms with Crippen LogP contribution in [0.1, 0.15) is 66.8 Å². The number of aryl methyl sites for hydroxylation is 4. The van der Waals surface area contributed by atoms with Crippen LogP contribution in [0.25, 0.3) is 0 Å². The van der Waals surface area contributed by atoms with Gasteiger partial charge in [0.2, 0.25) is 0 Å². The van der Waals surface area contributed by atoms with Crippen LogP contribution in [0.3, 0.4) is 0 Å². The van der Waals surface area contributed by atoms with E-state index in [1.165, 1.54) is 97.1 Å². The summed E-state index contributed by atoms with van der Waals surface area (Å²) in [6, 6.07) is 25.6. The first kappa shape index (κ1) is 73.7. The fourth-order valence-corrected chi connectivity index (χ4v) is 12.0. The van der Waals surface area contributed by atoms with Gasteiger partial charge in [-0.3, -0.25) is 18.2 Å². The molecule has 8 bridgehead atoms. The predicted molar refractivity (Wildman–Crippen MR) is 295 cm³/mol. The van der Waals surface area contributed by atoms with Gasteiger partial charge in [-0.2, -0.15) is 54.1 Å². The molecule has 0 amide bonds. The quantitative estimate of drug-likeness (QED) is 0.0618. The van der Waals surface area contributed by atoms with Gasteiger partial charge in [0.1, 0.15) is 42.3 Å². The Hall–Kier alpha value is -5.00. The van der Waals surface area contributed by atoms with E-state index >= 15 is 0 Å². The maximum Gasteiger partial charge on any atom is 1.00 e. The standard InChI is InChI=1S/C56H48N8O16S4.4Na/c1-29-5-9-45(49(13-29)81(69,70)71)61-57-41-21-33-17-35-23-42(58-62-46-10-6-30(2)14-50(46)82(72,73)74)25-37(54(35)66)19-39-27-44(60-64-48-12-8-32(4)16-52(48)84(78,79)80)28-40(56(39)68)20-38-26-43(24-36(55(38)67)18-34(22-41)53(33)65)59-63-47-11-7-31(3)15-51(47)83(75,76)77;;;;/h5-16,21-28,65-68H,17-20H2,1-4H3,(H,69,70,71)(H,72,73,74)(H,75,76,77)(H,78,79,80);;;;/q;4*+1/p-4. The third kappa shape index (κ3) is 17.7. The molecule has 1 aliphatic carbocycles. The molecule has 0 saturated carbocycles. The molecule has 0 atom stereocenters. The topological polar surface area (TPSA) is 409 Å². The van der Waals surface area contributed by atoms with Gasteiger partial charge in [0.05, 0.1) is 22.7 Å². The molecule has 0 aromatic heterocycles. The van der Waals surface area contributed by atoms with E-state index in [4.69, 9.17) is 0 Å². The van der Waals surface area contributed by atoms with Crippen molar-refractivity contribution in [3.63, 3.8) is 0 Å². The SMILES string of the molecule is Cc1ccc(N=Nc2cc3c([O-])c(c2)Cc2cc(N=Nc4ccc(C)cc4S(=O)(=O)O)cc(c2[O-])Cc2cc(N=Nc4ccc(C)cc4S(=O)(=O)O)cc(c2[O-])Cc2cc(N=Nc4ccc(C)cc4S(=O)(=O)O)cc(c2[O-])C3)c(S(=O)(=O)O)c1.[Na+].[Na+].[Na+].[Na+]. The van der Waals surface area contributed by atoms with Gasteiger partial charge in [0, 0.05) is 0 Å². The Labute approximate surface area is 594 Å². The summed E-state index contributed by atoms with van der Waals surface area (Å²) in [4.78, 5) is -2.39. The minimum Gasteiger partial charge on any atom is -0.872 e. The molecule has 9 rings (SSSR count). The summed E-state index contributed by atoms with van der Waals surface area (Å²) in [6.07, 6.45) is -2.17. The molecule has 0 heterocycles. The molecule has 0 fully saturated rings. The summed E-state index contributed by atoms with van der Waals surface area (Å²) in [5.41, 5.74) is -1.20. The van der Waals surface area contributed by atoms with Crippen LogP contribution in [0.4, 0.5) is 45.5 Å². The van der Waals surface area contributed by atoms with E-state index in [0.29, 0.717) is 22.3 Å². The summed E-state index contributed by atoms with van der Waals surface area (Å²) in [5.74, 6) is -2.95. The van der Waals surface area contributed by atoms with Crippen molar-refractivity contribution in [1.29, 1.82) is 0 Å². The molecule has 8 aromatic rings. The van der Waals surface area contributed by atoms with Crippen LogP contribution >= 0.6 is 0 Å². The van der Waals surface area contributed by atoms with E-state index in [-0.39, 0.29) is 208 Å². The van der Waals surface area contributed by atoms with Gasteiger partial charge in [-0.1, -0.05) is 24.3 Å². The zero-order valence-corrected chi connectivity index (χ0v) is 59.5. The van der Waals surface area contributed by atoms with E-state index in [2.05, 4.69) is 40.9 Å². The largest absolute Gasteiger partial charge is 1.00 e. The minimum absolute atomic E-state index is 0. The second kappa shape index (κ2) is 29.5. The predicted octanol–water partition coefficient (Wildman–Crippen LogP) is -1.44. The number of benzene rings is 8. The molecule has 32 heteroatoms. The van der Waals surface area contributed by atoms with Crippen LogP contribution in [0.15, 0.2) is 182 Å².